The van der Waals surface area contributed by atoms with Crippen LogP contribution in [0.2, 0.25) is 0 Å². The van der Waals surface area contributed by atoms with Crippen LogP contribution in [0.5, 0.6) is 0 Å². The molecule has 281 valence electrons. The first kappa shape index (κ1) is 40.1. The van der Waals surface area contributed by atoms with Gasteiger partial charge in [0.1, 0.15) is 40.1 Å². The van der Waals surface area contributed by atoms with E-state index in [9.17, 15) is 9.90 Å². The molecule has 7 heteroatoms. The van der Waals surface area contributed by atoms with E-state index < -0.39 is 0 Å². The minimum Gasteiger partial charge on any atom is -0.512 e. The molecule has 0 fully saturated rings. The largest absolute Gasteiger partial charge is 0.512 e. The molecule has 53 heavy (non-hydrogen) atoms. The van der Waals surface area contributed by atoms with E-state index in [4.69, 9.17) is 13.8 Å². The Morgan fingerprint density at radius 2 is 1.55 bits per heavy atom. The fraction of sp³-hybridized carbons (Fsp3) is 0.413. The van der Waals surface area contributed by atoms with Gasteiger partial charge >= 0.3 is 0 Å². The maximum absolute atomic E-state index is 12.2. The van der Waals surface area contributed by atoms with Gasteiger partial charge in [-0.2, -0.15) is 0 Å². The maximum atomic E-state index is 12.2. The Bertz CT molecular complexity index is 2300. The molecule has 0 spiro atoms. The third-order valence-corrected chi connectivity index (χ3v) is 11.9. The third kappa shape index (κ3) is 7.03. The van der Waals surface area contributed by atoms with E-state index in [1.165, 1.54) is 28.2 Å². The maximum Gasteiger partial charge on any atom is 0.164 e. The molecule has 0 amide bonds. The van der Waals surface area contributed by atoms with Crippen LogP contribution >= 0.6 is 0 Å². The molecule has 0 saturated carbocycles. The van der Waals surface area contributed by atoms with Gasteiger partial charge in [0.05, 0.1) is 0 Å². The standard InChI is InChI=1S/C31H25N2O2.C15H28O2.Ir/c1-17(2)14-18-12-13-24-22(15-18)26-29(34-24)21-10-7-9-20(25(21)31(26,3)4)28-30-27(32-16-33-28)19-8-5-6-11-23(19)35-30;1-7-14(5,8-2)12(16)11-13(17)15(6,9-3)10-4;/h5-8,10-13,15-17H,14H2,1-4H3;11,16H,7-10H2,1-6H3;/q-1;;/b;12-11-;. The topological polar surface area (TPSA) is 89.4 Å². The number of carbonyl (C=O) groups is 1. The van der Waals surface area contributed by atoms with Gasteiger partial charge in [0.25, 0.3) is 0 Å². The summed E-state index contributed by atoms with van der Waals surface area (Å²) in [6.45, 7) is 21.1. The van der Waals surface area contributed by atoms with Crippen LogP contribution in [-0.4, -0.2) is 20.9 Å². The van der Waals surface area contributed by atoms with Crippen LogP contribution in [0, 0.1) is 22.8 Å². The van der Waals surface area contributed by atoms with Crippen molar-refractivity contribution in [1.29, 1.82) is 0 Å². The average molecular weight is 890 g/mol. The molecule has 1 radical (unpaired) electrons. The molecular weight excluding hydrogens is 837 g/mol. The summed E-state index contributed by atoms with van der Waals surface area (Å²) in [7, 11) is 0. The van der Waals surface area contributed by atoms with Crippen LogP contribution in [-0.2, 0) is 36.7 Å². The van der Waals surface area contributed by atoms with Crippen LogP contribution in [0.15, 0.2) is 81.6 Å². The molecule has 3 aromatic carbocycles. The summed E-state index contributed by atoms with van der Waals surface area (Å²) in [5, 5.41) is 12.3. The SMILES string of the molecule is CC(C)Cc1ccc2oc3c(c2c1)C(C)(C)c1c(-c2ncnc4c2oc2ccccc24)[c-]ccc1-3.CCC(C)(CC)C(=O)/C=C(\O)C(C)(CC)CC.[Ir]. The molecule has 1 aliphatic carbocycles. The fourth-order valence-electron chi connectivity index (χ4n) is 7.59. The third-order valence-electron chi connectivity index (χ3n) is 11.9. The van der Waals surface area contributed by atoms with Gasteiger partial charge in [-0.25, -0.2) is 4.98 Å². The minimum atomic E-state index is -0.337. The summed E-state index contributed by atoms with van der Waals surface area (Å²) in [5.41, 5.74) is 8.95. The Kier molecular flexibility index (Phi) is 11.6. The van der Waals surface area contributed by atoms with E-state index >= 15 is 0 Å². The average Bonchev–Trinajstić information content (AvgIpc) is 3.79. The second-order valence-corrected chi connectivity index (χ2v) is 15.9. The number of hydrogen-bond acceptors (Lipinski definition) is 6. The molecule has 1 aliphatic rings. The number of nitrogens with zero attached hydrogens (tertiary/aromatic N) is 2. The first-order valence-electron chi connectivity index (χ1n) is 18.9. The number of fused-ring (bicyclic) bond motifs is 8. The monoisotopic (exact) mass is 890 g/mol. The Labute approximate surface area is 327 Å². The molecule has 6 nitrogen and oxygen atoms in total. The molecule has 6 aromatic rings. The van der Waals surface area contributed by atoms with Gasteiger partial charge in [0.2, 0.25) is 0 Å². The molecule has 0 aliphatic heterocycles. The van der Waals surface area contributed by atoms with E-state index in [2.05, 4.69) is 63.0 Å². The Hall–Kier alpha value is -4.06. The van der Waals surface area contributed by atoms with Gasteiger partial charge in [0.15, 0.2) is 5.78 Å². The number of benzene rings is 3. The summed E-state index contributed by atoms with van der Waals surface area (Å²) in [5.74, 6) is 1.84. The number of aliphatic hydroxyl groups excluding tert-OH is 1. The summed E-state index contributed by atoms with van der Waals surface area (Å²) >= 11 is 0. The van der Waals surface area contributed by atoms with Crippen molar-refractivity contribution in [1.82, 2.24) is 9.97 Å². The van der Waals surface area contributed by atoms with Crippen LogP contribution in [0.1, 0.15) is 112 Å². The number of carbonyl (C=O) groups excluding carboxylic acids is 1. The number of rotatable bonds is 10. The predicted molar refractivity (Wildman–Crippen MR) is 213 cm³/mol. The molecule has 1 N–H and O–H groups in total. The second kappa shape index (κ2) is 15.4. The van der Waals surface area contributed by atoms with E-state index in [1.54, 1.807) is 6.33 Å². The number of aromatic nitrogens is 2. The first-order chi connectivity index (χ1) is 24.7. The van der Waals surface area contributed by atoms with Crippen molar-refractivity contribution in [2.75, 3.05) is 0 Å². The number of furan rings is 2. The minimum absolute atomic E-state index is 0. The van der Waals surface area contributed by atoms with Crippen molar-refractivity contribution in [2.24, 2.45) is 16.7 Å². The zero-order chi connectivity index (χ0) is 37.6. The van der Waals surface area contributed by atoms with Crippen LogP contribution in [0.25, 0.3) is 55.6 Å². The summed E-state index contributed by atoms with van der Waals surface area (Å²) < 4.78 is 12.8. The van der Waals surface area contributed by atoms with E-state index in [-0.39, 0.29) is 47.9 Å². The number of hydrogen-bond donors (Lipinski definition) is 1. The first-order valence-corrected chi connectivity index (χ1v) is 18.9. The Balaban J connectivity index is 0.000000259. The zero-order valence-electron chi connectivity index (χ0n) is 32.9. The molecule has 3 heterocycles. The van der Waals surface area contributed by atoms with Crippen molar-refractivity contribution in [2.45, 2.75) is 107 Å². The van der Waals surface area contributed by atoms with Gasteiger partial charge < -0.3 is 13.9 Å². The van der Waals surface area contributed by atoms with Gasteiger partial charge in [-0.1, -0.05) is 93.0 Å². The van der Waals surface area contributed by atoms with Crippen molar-refractivity contribution >= 4 is 38.8 Å². The number of ketones is 1. The molecule has 0 bridgehead atoms. The fourth-order valence-corrected chi connectivity index (χ4v) is 7.59. The number of para-hydroxylation sites is 1. The number of allylic oxidation sites excluding steroid dienone is 2. The van der Waals surface area contributed by atoms with Crippen LogP contribution in [0.3, 0.4) is 0 Å². The molecule has 3 aromatic heterocycles. The number of aliphatic hydroxyl groups is 1. The van der Waals surface area contributed by atoms with E-state index in [0.717, 1.165) is 76.8 Å². The Morgan fingerprint density at radius 3 is 2.21 bits per heavy atom. The van der Waals surface area contributed by atoms with E-state index in [0.29, 0.717) is 11.5 Å². The van der Waals surface area contributed by atoms with Gasteiger partial charge in [-0.15, -0.1) is 29.3 Å². The zero-order valence-corrected chi connectivity index (χ0v) is 35.3. The summed E-state index contributed by atoms with van der Waals surface area (Å²) in [6, 6.07) is 22.2. The van der Waals surface area contributed by atoms with Gasteiger partial charge in [-0.05, 0) is 73.3 Å². The van der Waals surface area contributed by atoms with Gasteiger partial charge in [0, 0.05) is 59.0 Å². The van der Waals surface area contributed by atoms with Gasteiger partial charge in [-0.3, -0.25) is 9.78 Å². The Morgan fingerprint density at radius 1 is 0.887 bits per heavy atom. The predicted octanol–water partition coefficient (Wildman–Crippen LogP) is 12.7. The van der Waals surface area contributed by atoms with Crippen molar-refractivity contribution in [3.8, 4) is 22.6 Å². The second-order valence-electron chi connectivity index (χ2n) is 15.9. The quantitative estimate of drug-likeness (QED) is 0.0837. The molecule has 0 saturated heterocycles. The van der Waals surface area contributed by atoms with Crippen LogP contribution < -0.4 is 0 Å². The molecule has 7 rings (SSSR count). The van der Waals surface area contributed by atoms with Crippen molar-refractivity contribution in [3.05, 3.63) is 95.5 Å². The summed E-state index contributed by atoms with van der Waals surface area (Å²) in [6.07, 6.45) is 7.43. The molecule has 0 atom stereocenters. The molecular formula is C46H53IrN2O4-. The normalized spacial score (nSPS) is 13.9. The smallest absolute Gasteiger partial charge is 0.164 e. The molecule has 0 unspecified atom stereocenters. The van der Waals surface area contributed by atoms with Crippen molar-refractivity contribution in [3.63, 3.8) is 0 Å². The van der Waals surface area contributed by atoms with E-state index in [1.807, 2.05) is 71.9 Å². The van der Waals surface area contributed by atoms with Crippen molar-refractivity contribution < 1.29 is 38.8 Å². The summed E-state index contributed by atoms with van der Waals surface area (Å²) in [4.78, 5) is 21.4. The van der Waals surface area contributed by atoms with Crippen LogP contribution in [0.4, 0.5) is 0 Å².